The Morgan fingerprint density at radius 3 is 2.78 bits per heavy atom. The normalized spacial score (nSPS) is 13.9. The second-order valence-corrected chi connectivity index (χ2v) is 4.85. The molecule has 0 saturated heterocycles. The van der Waals surface area contributed by atoms with Gasteiger partial charge in [-0.2, -0.15) is 8.73 Å². The van der Waals surface area contributed by atoms with Crippen molar-refractivity contribution in [1.29, 1.82) is 0 Å². The largest absolute Gasteiger partial charge is 0.480 e. The van der Waals surface area contributed by atoms with Crippen molar-refractivity contribution in [2.24, 2.45) is 14.5 Å². The third-order valence-electron chi connectivity index (χ3n) is 2.26. The molecular formula is C9H8Cl2N4O2S. The molecule has 2 rings (SSSR count). The van der Waals surface area contributed by atoms with Gasteiger partial charge >= 0.3 is 5.97 Å². The van der Waals surface area contributed by atoms with Crippen LogP contribution in [0.5, 0.6) is 0 Å². The standard InChI is InChI=1S/C9H8Cl2N4O2S/c10-3-1-4(11)7-8(15-18-14-7)6(3)13-2-5(12)9(16)17/h1,5,13H,2,12H2,(H,16,17). The number of halogens is 2. The minimum Gasteiger partial charge on any atom is -0.480 e. The van der Waals surface area contributed by atoms with E-state index >= 15 is 0 Å². The Hall–Kier alpha value is -1.15. The number of rotatable bonds is 4. The number of carboxylic acids is 1. The summed E-state index contributed by atoms with van der Waals surface area (Å²) in [5.41, 5.74) is 6.92. The lowest BCUT2D eigenvalue weighted by Gasteiger charge is -2.13. The number of carbonyl (C=O) groups is 1. The molecule has 1 heterocycles. The van der Waals surface area contributed by atoms with Gasteiger partial charge in [-0.05, 0) is 6.07 Å². The van der Waals surface area contributed by atoms with Crippen molar-refractivity contribution in [3.05, 3.63) is 16.1 Å². The lowest BCUT2D eigenvalue weighted by molar-refractivity contribution is -0.138. The Morgan fingerprint density at radius 1 is 1.44 bits per heavy atom. The zero-order valence-electron chi connectivity index (χ0n) is 8.85. The molecule has 1 atom stereocenters. The first kappa shape index (κ1) is 13.3. The quantitative estimate of drug-likeness (QED) is 0.808. The first-order valence-electron chi connectivity index (χ1n) is 4.83. The van der Waals surface area contributed by atoms with Gasteiger partial charge in [0.05, 0.1) is 27.1 Å². The van der Waals surface area contributed by atoms with E-state index in [1.165, 1.54) is 6.07 Å². The molecule has 6 nitrogen and oxygen atoms in total. The maximum atomic E-state index is 10.6. The summed E-state index contributed by atoms with van der Waals surface area (Å²) in [5, 5.41) is 12.3. The number of benzene rings is 1. The van der Waals surface area contributed by atoms with Gasteiger partial charge in [-0.15, -0.1) is 0 Å². The third kappa shape index (κ3) is 2.49. The number of fused-ring (bicyclic) bond motifs is 1. The molecule has 1 aliphatic heterocycles. The lowest BCUT2D eigenvalue weighted by Crippen LogP contribution is -2.37. The molecule has 0 bridgehead atoms. The highest BCUT2D eigenvalue weighted by atomic mass is 35.5. The van der Waals surface area contributed by atoms with Crippen molar-refractivity contribution < 1.29 is 9.90 Å². The van der Waals surface area contributed by atoms with Crippen LogP contribution in [-0.4, -0.2) is 23.7 Å². The first-order valence-corrected chi connectivity index (χ1v) is 6.32. The fourth-order valence-corrected chi connectivity index (χ4v) is 2.52. The zero-order chi connectivity index (χ0) is 13.3. The number of anilines is 1. The monoisotopic (exact) mass is 306 g/mol. The number of hydrogen-bond acceptors (Lipinski definition) is 5. The number of carboxylic acid groups (broad SMARTS) is 1. The van der Waals surface area contributed by atoms with Gasteiger partial charge in [-0.25, -0.2) is 0 Å². The average Bonchev–Trinajstić information content (AvgIpc) is 2.77. The number of nitrogens with zero attached hydrogens (tertiary/aromatic N) is 2. The van der Waals surface area contributed by atoms with Crippen molar-refractivity contribution in [2.75, 3.05) is 11.9 Å². The van der Waals surface area contributed by atoms with Crippen LogP contribution in [0, 0.1) is 0 Å². The molecule has 0 aromatic heterocycles. The van der Waals surface area contributed by atoms with E-state index < -0.39 is 12.0 Å². The molecule has 1 aliphatic rings. The molecule has 0 aliphatic carbocycles. The van der Waals surface area contributed by atoms with Gasteiger partial charge in [-0.3, -0.25) is 4.79 Å². The van der Waals surface area contributed by atoms with Crippen molar-refractivity contribution in [1.82, 2.24) is 0 Å². The van der Waals surface area contributed by atoms with Gasteiger partial charge in [0.15, 0.2) is 0 Å². The summed E-state index contributed by atoms with van der Waals surface area (Å²) >= 11 is 13.0. The fraction of sp³-hybridized carbons (Fsp3) is 0.222. The highest BCUT2D eigenvalue weighted by molar-refractivity contribution is 7.58. The predicted molar refractivity (Wildman–Crippen MR) is 72.1 cm³/mol. The molecule has 0 fully saturated rings. The molecule has 0 amide bonds. The van der Waals surface area contributed by atoms with Crippen LogP contribution < -0.4 is 11.1 Å². The number of hydrogen-bond donors (Lipinski definition) is 3. The van der Waals surface area contributed by atoms with Crippen molar-refractivity contribution >= 4 is 57.6 Å². The highest BCUT2D eigenvalue weighted by Gasteiger charge is 2.20. The molecule has 9 heteroatoms. The van der Waals surface area contributed by atoms with Gasteiger partial charge in [0, 0.05) is 6.54 Å². The van der Waals surface area contributed by atoms with Crippen LogP contribution in [0.1, 0.15) is 0 Å². The van der Waals surface area contributed by atoms with E-state index in [0.29, 0.717) is 27.1 Å². The SMILES string of the molecule is NC(CNc1c(Cl)cc(Cl)c2c1N=S=N2)C(=O)O. The molecule has 1 aromatic carbocycles. The molecule has 96 valence electrons. The molecule has 0 spiro atoms. The van der Waals surface area contributed by atoms with Crippen LogP contribution >= 0.6 is 23.2 Å². The predicted octanol–water partition coefficient (Wildman–Crippen LogP) is 2.54. The van der Waals surface area contributed by atoms with E-state index in [1.54, 1.807) is 0 Å². The van der Waals surface area contributed by atoms with Crippen molar-refractivity contribution in [2.45, 2.75) is 6.04 Å². The summed E-state index contributed by atoms with van der Waals surface area (Å²) in [5.74, 6) is -1.10. The Kier molecular flexibility index (Phi) is 3.86. The minimum absolute atomic E-state index is 0.0311. The van der Waals surface area contributed by atoms with Gasteiger partial charge in [0.25, 0.3) is 0 Å². The van der Waals surface area contributed by atoms with E-state index in [2.05, 4.69) is 14.0 Å². The maximum Gasteiger partial charge on any atom is 0.322 e. The second-order valence-electron chi connectivity index (χ2n) is 3.50. The molecule has 0 radical (unpaired) electrons. The number of nitrogens with one attached hydrogen (secondary N) is 1. The smallest absolute Gasteiger partial charge is 0.322 e. The molecule has 4 N–H and O–H groups in total. The highest BCUT2D eigenvalue weighted by Crippen LogP contribution is 2.47. The van der Waals surface area contributed by atoms with Gasteiger partial charge in [0.2, 0.25) is 0 Å². The Labute approximate surface area is 116 Å². The number of nitrogens with two attached hydrogens (primary N) is 1. The summed E-state index contributed by atoms with van der Waals surface area (Å²) in [7, 11) is 0. The Bertz CT molecular complexity index is 586. The minimum atomic E-state index is -1.10. The molecule has 1 unspecified atom stereocenters. The second kappa shape index (κ2) is 5.23. The van der Waals surface area contributed by atoms with Crippen LogP contribution in [0.2, 0.25) is 10.0 Å². The van der Waals surface area contributed by atoms with Crippen LogP contribution in [0.15, 0.2) is 14.8 Å². The van der Waals surface area contributed by atoms with Crippen LogP contribution in [0.4, 0.5) is 17.1 Å². The molecule has 18 heavy (non-hydrogen) atoms. The van der Waals surface area contributed by atoms with Crippen LogP contribution in [0.25, 0.3) is 0 Å². The summed E-state index contributed by atoms with van der Waals surface area (Å²) in [6.07, 6.45) is 0. The van der Waals surface area contributed by atoms with Crippen LogP contribution in [-0.2, 0) is 16.1 Å². The van der Waals surface area contributed by atoms with E-state index in [1.807, 2.05) is 0 Å². The van der Waals surface area contributed by atoms with Crippen molar-refractivity contribution in [3.63, 3.8) is 0 Å². The van der Waals surface area contributed by atoms with E-state index in [4.69, 9.17) is 34.0 Å². The maximum absolute atomic E-state index is 10.6. The average molecular weight is 307 g/mol. The van der Waals surface area contributed by atoms with Crippen LogP contribution in [0.3, 0.4) is 0 Å². The Balaban J connectivity index is 2.27. The lowest BCUT2D eigenvalue weighted by atomic mass is 10.2. The molecular weight excluding hydrogens is 299 g/mol. The third-order valence-corrected chi connectivity index (χ3v) is 3.37. The summed E-state index contributed by atoms with van der Waals surface area (Å²) in [4.78, 5) is 10.6. The van der Waals surface area contributed by atoms with E-state index in [-0.39, 0.29) is 6.54 Å². The topological polar surface area (TPSA) is 100 Å². The van der Waals surface area contributed by atoms with Gasteiger partial charge in [-0.1, -0.05) is 23.2 Å². The molecule has 1 aromatic rings. The zero-order valence-corrected chi connectivity index (χ0v) is 11.2. The van der Waals surface area contributed by atoms with E-state index in [0.717, 1.165) is 11.4 Å². The van der Waals surface area contributed by atoms with Gasteiger partial charge in [0.1, 0.15) is 17.4 Å². The summed E-state index contributed by atoms with van der Waals surface area (Å²) in [6.45, 7) is 0.0311. The fourth-order valence-electron chi connectivity index (χ4n) is 1.34. The summed E-state index contributed by atoms with van der Waals surface area (Å²) < 4.78 is 8.11. The number of aliphatic carboxylic acids is 1. The van der Waals surface area contributed by atoms with Crippen molar-refractivity contribution in [3.8, 4) is 0 Å². The summed E-state index contributed by atoms with van der Waals surface area (Å²) in [6, 6.07) is 0.500. The Morgan fingerprint density at radius 2 is 2.11 bits per heavy atom. The van der Waals surface area contributed by atoms with Gasteiger partial charge < -0.3 is 16.2 Å². The molecule has 0 saturated carbocycles. The first-order chi connectivity index (χ1) is 8.50. The van der Waals surface area contributed by atoms with E-state index in [9.17, 15) is 4.79 Å².